The highest BCUT2D eigenvalue weighted by atomic mass is 32.2. The molecule has 0 aromatic heterocycles. The van der Waals surface area contributed by atoms with Crippen molar-refractivity contribution in [1.82, 2.24) is 4.72 Å². The van der Waals surface area contributed by atoms with Gasteiger partial charge in [-0.05, 0) is 37.3 Å². The lowest BCUT2D eigenvalue weighted by Crippen LogP contribution is -2.41. The Morgan fingerprint density at radius 3 is 2.28 bits per heavy atom. The van der Waals surface area contributed by atoms with Gasteiger partial charge in [-0.2, -0.15) is 17.9 Å². The number of halogens is 3. The van der Waals surface area contributed by atoms with Crippen molar-refractivity contribution in [3.05, 3.63) is 48.0 Å². The largest absolute Gasteiger partial charge is 0.493 e. The van der Waals surface area contributed by atoms with Gasteiger partial charge < -0.3 is 14.8 Å². The molecular formula is C18H19F3N2O5S. The summed E-state index contributed by atoms with van der Waals surface area (Å²) in [5.74, 6) is -0.327. The first-order chi connectivity index (χ1) is 13.5. The molecule has 2 N–H and O–H groups in total. The van der Waals surface area contributed by atoms with Gasteiger partial charge in [-0.1, -0.05) is 6.07 Å². The first-order valence-electron chi connectivity index (χ1n) is 8.20. The van der Waals surface area contributed by atoms with Crippen LogP contribution in [-0.4, -0.2) is 34.6 Å². The van der Waals surface area contributed by atoms with Crippen molar-refractivity contribution in [3.63, 3.8) is 0 Å². The minimum absolute atomic E-state index is 0.109. The lowest BCUT2D eigenvalue weighted by atomic mass is 10.2. The van der Waals surface area contributed by atoms with Gasteiger partial charge in [0, 0.05) is 11.8 Å². The molecule has 2 aromatic rings. The Morgan fingerprint density at radius 2 is 1.69 bits per heavy atom. The summed E-state index contributed by atoms with van der Waals surface area (Å²) in [5, 5.41) is 2.26. The highest BCUT2D eigenvalue weighted by Crippen LogP contribution is 2.31. The third-order valence-corrected chi connectivity index (χ3v) is 5.39. The maximum atomic E-state index is 12.8. The summed E-state index contributed by atoms with van der Waals surface area (Å²) in [5.41, 5.74) is -1.05. The lowest BCUT2D eigenvalue weighted by Gasteiger charge is -2.16. The quantitative estimate of drug-likeness (QED) is 0.702. The fourth-order valence-electron chi connectivity index (χ4n) is 2.36. The number of carbonyl (C=O) groups is 1. The number of nitrogens with one attached hydrogen (secondary N) is 2. The monoisotopic (exact) mass is 432 g/mol. The summed E-state index contributed by atoms with van der Waals surface area (Å²) >= 11 is 0. The molecule has 1 atom stereocenters. The molecule has 7 nitrogen and oxygen atoms in total. The molecule has 0 heterocycles. The molecule has 0 unspecified atom stereocenters. The van der Waals surface area contributed by atoms with Crippen LogP contribution in [0.5, 0.6) is 11.5 Å². The molecule has 11 heteroatoms. The number of alkyl halides is 3. The molecule has 0 bridgehead atoms. The smallest absolute Gasteiger partial charge is 0.416 e. The lowest BCUT2D eigenvalue weighted by molar-refractivity contribution is -0.137. The molecule has 0 saturated carbocycles. The minimum Gasteiger partial charge on any atom is -0.493 e. The van der Waals surface area contributed by atoms with Gasteiger partial charge in [0.15, 0.2) is 11.5 Å². The molecule has 0 radical (unpaired) electrons. The van der Waals surface area contributed by atoms with Crippen LogP contribution in [-0.2, 0) is 21.0 Å². The topological polar surface area (TPSA) is 93.7 Å². The van der Waals surface area contributed by atoms with Gasteiger partial charge in [-0.3, -0.25) is 4.79 Å². The number of methoxy groups -OCH3 is 2. The molecule has 2 aromatic carbocycles. The van der Waals surface area contributed by atoms with E-state index in [2.05, 4.69) is 10.0 Å². The number of rotatable bonds is 7. The van der Waals surface area contributed by atoms with Crippen LogP contribution < -0.4 is 19.5 Å². The van der Waals surface area contributed by atoms with Crippen molar-refractivity contribution >= 4 is 21.6 Å². The number of anilines is 1. The molecule has 0 aliphatic carbocycles. The van der Waals surface area contributed by atoms with Gasteiger partial charge >= 0.3 is 6.18 Å². The number of carbonyl (C=O) groups excluding carboxylic acids is 1. The third-order valence-electron chi connectivity index (χ3n) is 3.85. The van der Waals surface area contributed by atoms with Crippen molar-refractivity contribution in [2.45, 2.75) is 24.0 Å². The molecule has 0 fully saturated rings. The van der Waals surface area contributed by atoms with Crippen molar-refractivity contribution < 1.29 is 35.9 Å². The van der Waals surface area contributed by atoms with Crippen LogP contribution in [0.2, 0.25) is 0 Å². The normalized spacial score (nSPS) is 12.9. The number of ether oxygens (including phenoxy) is 2. The van der Waals surface area contributed by atoms with E-state index in [-0.39, 0.29) is 16.3 Å². The minimum atomic E-state index is -4.57. The Labute approximate surface area is 165 Å². The average Bonchev–Trinajstić information content (AvgIpc) is 2.66. The summed E-state index contributed by atoms with van der Waals surface area (Å²) in [4.78, 5) is 12.1. The molecule has 0 saturated heterocycles. The third kappa shape index (κ3) is 5.61. The number of hydrogen-bond acceptors (Lipinski definition) is 5. The molecule has 1 amide bonds. The molecule has 2 rings (SSSR count). The van der Waals surface area contributed by atoms with Crippen LogP contribution >= 0.6 is 0 Å². The Kier molecular flexibility index (Phi) is 6.75. The van der Waals surface area contributed by atoms with Crippen molar-refractivity contribution in [2.24, 2.45) is 0 Å². The number of sulfonamides is 1. The van der Waals surface area contributed by atoms with E-state index in [9.17, 15) is 26.4 Å². The van der Waals surface area contributed by atoms with Crippen molar-refractivity contribution in [2.75, 3.05) is 19.5 Å². The zero-order valence-electron chi connectivity index (χ0n) is 15.7. The summed E-state index contributed by atoms with van der Waals surface area (Å²) in [6.45, 7) is 1.27. The predicted octanol–water partition coefficient (Wildman–Crippen LogP) is 3.03. The standard InChI is InChI=1S/C18H19F3N2O5S/c1-11(17(24)22-13-6-4-5-12(9-13)18(19,20)21)23-29(25,26)14-7-8-15(27-2)16(10-14)28-3/h4-11,23H,1-3H3,(H,22,24)/t11-/m1/s1. The second-order valence-electron chi connectivity index (χ2n) is 5.93. The first kappa shape index (κ1) is 22.5. The van der Waals surface area contributed by atoms with E-state index in [0.29, 0.717) is 5.75 Å². The summed E-state index contributed by atoms with van der Waals surface area (Å²) in [6, 6.07) is 6.63. The molecule has 0 spiro atoms. The van der Waals surface area contributed by atoms with E-state index in [1.54, 1.807) is 0 Å². The Morgan fingerprint density at radius 1 is 1.03 bits per heavy atom. The molecule has 0 aliphatic heterocycles. The van der Waals surface area contributed by atoms with Crippen molar-refractivity contribution in [3.8, 4) is 11.5 Å². The Bertz CT molecular complexity index is 993. The summed E-state index contributed by atoms with van der Waals surface area (Å²) in [6.07, 6.45) is -4.57. The van der Waals surface area contributed by atoms with E-state index in [1.165, 1.54) is 45.4 Å². The number of hydrogen-bond donors (Lipinski definition) is 2. The van der Waals surface area contributed by atoms with E-state index in [0.717, 1.165) is 18.2 Å². The fourth-order valence-corrected chi connectivity index (χ4v) is 3.58. The molecular weight excluding hydrogens is 413 g/mol. The second kappa shape index (κ2) is 8.70. The zero-order chi connectivity index (χ0) is 21.8. The van der Waals surface area contributed by atoms with Gasteiger partial charge in [0.2, 0.25) is 15.9 Å². The van der Waals surface area contributed by atoms with Crippen LogP contribution in [0.15, 0.2) is 47.4 Å². The highest BCUT2D eigenvalue weighted by molar-refractivity contribution is 7.89. The first-order valence-corrected chi connectivity index (χ1v) is 9.68. The fraction of sp³-hybridized carbons (Fsp3) is 0.278. The van der Waals surface area contributed by atoms with E-state index in [1.807, 2.05) is 0 Å². The average molecular weight is 432 g/mol. The van der Waals surface area contributed by atoms with Crippen molar-refractivity contribution in [1.29, 1.82) is 0 Å². The maximum absolute atomic E-state index is 12.8. The van der Waals surface area contributed by atoms with Crippen LogP contribution in [0.3, 0.4) is 0 Å². The van der Waals surface area contributed by atoms with Crippen LogP contribution in [0.1, 0.15) is 12.5 Å². The molecule has 158 valence electrons. The zero-order valence-corrected chi connectivity index (χ0v) is 16.5. The van der Waals surface area contributed by atoms with E-state index < -0.39 is 33.7 Å². The van der Waals surface area contributed by atoms with Crippen LogP contribution in [0.25, 0.3) is 0 Å². The predicted molar refractivity (Wildman–Crippen MR) is 99.4 cm³/mol. The van der Waals surface area contributed by atoms with E-state index >= 15 is 0 Å². The maximum Gasteiger partial charge on any atom is 0.416 e. The molecule has 0 aliphatic rings. The van der Waals surface area contributed by atoms with Crippen LogP contribution in [0.4, 0.5) is 18.9 Å². The SMILES string of the molecule is COc1ccc(S(=O)(=O)N[C@H](C)C(=O)Nc2cccc(C(F)(F)F)c2)cc1OC. The van der Waals surface area contributed by atoms with Gasteiger partial charge in [0.1, 0.15) is 0 Å². The van der Waals surface area contributed by atoms with Gasteiger partial charge in [-0.25, -0.2) is 8.42 Å². The van der Waals surface area contributed by atoms with Gasteiger partial charge in [0.05, 0.1) is 30.7 Å². The van der Waals surface area contributed by atoms with E-state index in [4.69, 9.17) is 9.47 Å². The summed E-state index contributed by atoms with van der Waals surface area (Å²) in [7, 11) is -1.38. The second-order valence-corrected chi connectivity index (χ2v) is 7.64. The molecule has 29 heavy (non-hydrogen) atoms. The summed E-state index contributed by atoms with van der Waals surface area (Å²) < 4.78 is 75.6. The van der Waals surface area contributed by atoms with Gasteiger partial charge in [0.25, 0.3) is 0 Å². The van der Waals surface area contributed by atoms with Gasteiger partial charge in [-0.15, -0.1) is 0 Å². The Balaban J connectivity index is 2.14. The highest BCUT2D eigenvalue weighted by Gasteiger charge is 2.31. The number of benzene rings is 2. The van der Waals surface area contributed by atoms with Crippen LogP contribution in [0, 0.1) is 0 Å². The number of amides is 1. The Hall–Kier alpha value is -2.79.